The fourth-order valence-corrected chi connectivity index (χ4v) is 10.3. The van der Waals surface area contributed by atoms with E-state index in [1.165, 1.54) is 69.7 Å². The van der Waals surface area contributed by atoms with E-state index in [1.807, 2.05) is 11.3 Å². The van der Waals surface area contributed by atoms with Gasteiger partial charge in [-0.25, -0.2) is 0 Å². The summed E-state index contributed by atoms with van der Waals surface area (Å²) in [6, 6.07) is 76.7. The molecule has 10 aromatic carbocycles. The number of furan rings is 1. The van der Waals surface area contributed by atoms with Gasteiger partial charge in [0.2, 0.25) is 0 Å². The summed E-state index contributed by atoms with van der Waals surface area (Å²) in [4.78, 5) is 2.34. The Kier molecular flexibility index (Phi) is 7.75. The molecule has 0 aliphatic heterocycles. The van der Waals surface area contributed by atoms with Crippen LogP contribution in [0, 0.1) is 0 Å². The number of fused-ring (bicyclic) bond motifs is 10. The maximum atomic E-state index is 6.93. The smallest absolute Gasteiger partial charge is 0.159 e. The van der Waals surface area contributed by atoms with E-state index >= 15 is 0 Å². The van der Waals surface area contributed by atoms with Gasteiger partial charge in [0.15, 0.2) is 5.58 Å². The van der Waals surface area contributed by atoms with Gasteiger partial charge in [-0.15, -0.1) is 11.3 Å². The Labute approximate surface area is 345 Å². The van der Waals surface area contributed by atoms with Gasteiger partial charge >= 0.3 is 0 Å². The molecule has 0 bridgehead atoms. The molecule has 12 rings (SSSR count). The summed E-state index contributed by atoms with van der Waals surface area (Å²) < 4.78 is 9.59. The second-order valence-electron chi connectivity index (χ2n) is 15.2. The van der Waals surface area contributed by atoms with Gasteiger partial charge < -0.3 is 9.32 Å². The molecule has 0 saturated heterocycles. The Morgan fingerprint density at radius 1 is 0.322 bits per heavy atom. The minimum atomic E-state index is 0.866. The first-order valence-electron chi connectivity index (χ1n) is 20.1. The number of para-hydroxylation sites is 1. The first kappa shape index (κ1) is 33.7. The van der Waals surface area contributed by atoms with E-state index in [-0.39, 0.29) is 0 Å². The lowest BCUT2D eigenvalue weighted by Crippen LogP contribution is -2.10. The van der Waals surface area contributed by atoms with Gasteiger partial charge in [-0.1, -0.05) is 170 Å². The second kappa shape index (κ2) is 13.6. The molecule has 0 fully saturated rings. The van der Waals surface area contributed by atoms with Crippen molar-refractivity contribution in [3.63, 3.8) is 0 Å². The molecule has 0 radical (unpaired) electrons. The van der Waals surface area contributed by atoms with Crippen molar-refractivity contribution in [1.82, 2.24) is 0 Å². The number of rotatable bonds is 6. The van der Waals surface area contributed by atoms with Crippen molar-refractivity contribution >= 4 is 92.1 Å². The summed E-state index contributed by atoms with van der Waals surface area (Å²) in [5, 5.41) is 9.71. The van der Waals surface area contributed by atoms with Crippen molar-refractivity contribution in [2.24, 2.45) is 0 Å². The van der Waals surface area contributed by atoms with E-state index in [0.29, 0.717) is 0 Å². The number of nitrogens with zero attached hydrogens (tertiary/aromatic N) is 1. The lowest BCUT2D eigenvalue weighted by molar-refractivity contribution is 0.673. The fraction of sp³-hybridized carbons (Fsp3) is 0. The van der Waals surface area contributed by atoms with Crippen molar-refractivity contribution in [1.29, 1.82) is 0 Å². The van der Waals surface area contributed by atoms with Gasteiger partial charge in [-0.05, 0) is 92.0 Å². The van der Waals surface area contributed by atoms with Crippen LogP contribution in [0.5, 0.6) is 0 Å². The molecule has 0 N–H and O–H groups in total. The third-order valence-electron chi connectivity index (χ3n) is 11.9. The van der Waals surface area contributed by atoms with Crippen molar-refractivity contribution < 1.29 is 4.42 Å². The molecule has 0 unspecified atom stereocenters. The van der Waals surface area contributed by atoms with Gasteiger partial charge in [0.1, 0.15) is 5.58 Å². The molecule has 0 spiro atoms. The predicted octanol–water partition coefficient (Wildman–Crippen LogP) is 16.7. The van der Waals surface area contributed by atoms with Gasteiger partial charge in [0, 0.05) is 47.7 Å². The zero-order valence-electron chi connectivity index (χ0n) is 32.0. The topological polar surface area (TPSA) is 16.4 Å². The Hall–Kier alpha value is -7.46. The number of thiophene rings is 1. The molecule has 59 heavy (non-hydrogen) atoms. The highest BCUT2D eigenvalue weighted by Crippen LogP contribution is 2.46. The van der Waals surface area contributed by atoms with Gasteiger partial charge in [-0.2, -0.15) is 0 Å². The van der Waals surface area contributed by atoms with Crippen LogP contribution in [-0.4, -0.2) is 0 Å². The third kappa shape index (κ3) is 5.55. The van der Waals surface area contributed by atoms with Crippen LogP contribution >= 0.6 is 11.3 Å². The molecule has 2 heterocycles. The molecular weight excluding hydrogens is 735 g/mol. The monoisotopic (exact) mass is 769 g/mol. The molecule has 0 saturated carbocycles. The maximum absolute atomic E-state index is 6.93. The van der Waals surface area contributed by atoms with Crippen LogP contribution in [0.1, 0.15) is 0 Å². The Morgan fingerprint density at radius 3 is 1.61 bits per heavy atom. The average Bonchev–Trinajstić information content (AvgIpc) is 3.90. The Bertz CT molecular complexity index is 3540. The second-order valence-corrected chi connectivity index (χ2v) is 16.3. The van der Waals surface area contributed by atoms with Crippen LogP contribution in [0.4, 0.5) is 17.1 Å². The molecule has 0 amide bonds. The van der Waals surface area contributed by atoms with E-state index in [9.17, 15) is 0 Å². The zero-order valence-corrected chi connectivity index (χ0v) is 32.8. The van der Waals surface area contributed by atoms with Gasteiger partial charge in [0.05, 0.1) is 5.69 Å². The van der Waals surface area contributed by atoms with Gasteiger partial charge in [0.25, 0.3) is 0 Å². The molecule has 0 atom stereocenters. The number of anilines is 3. The summed E-state index contributed by atoms with van der Waals surface area (Å²) in [5.74, 6) is 0. The SMILES string of the molecule is c1ccc(-c2cccc(-c3ccc(N(c4ccc(-c5cccc6c5sc5c7ccccc7ccc65)cc4)c4cccc5c4oc4c6ccccc6ccc54)cc3)c2)cc1. The number of hydrogen-bond acceptors (Lipinski definition) is 3. The highest BCUT2D eigenvalue weighted by Gasteiger charge is 2.21. The molecule has 0 aliphatic carbocycles. The van der Waals surface area contributed by atoms with Crippen molar-refractivity contribution in [3.05, 3.63) is 212 Å². The van der Waals surface area contributed by atoms with E-state index < -0.39 is 0 Å². The van der Waals surface area contributed by atoms with E-state index in [0.717, 1.165) is 44.4 Å². The quantitative estimate of drug-likeness (QED) is 0.167. The minimum Gasteiger partial charge on any atom is -0.453 e. The minimum absolute atomic E-state index is 0.866. The van der Waals surface area contributed by atoms with E-state index in [2.05, 4.69) is 217 Å². The normalized spacial score (nSPS) is 11.7. The first-order valence-corrected chi connectivity index (χ1v) is 20.9. The summed E-state index contributed by atoms with van der Waals surface area (Å²) in [6.45, 7) is 0. The summed E-state index contributed by atoms with van der Waals surface area (Å²) in [6.07, 6.45) is 0. The van der Waals surface area contributed by atoms with Gasteiger partial charge in [-0.3, -0.25) is 0 Å². The lowest BCUT2D eigenvalue weighted by atomic mass is 9.98. The summed E-state index contributed by atoms with van der Waals surface area (Å²) in [5.41, 5.74) is 12.1. The molecule has 3 heteroatoms. The number of benzene rings is 10. The van der Waals surface area contributed by atoms with Crippen molar-refractivity contribution in [2.75, 3.05) is 4.90 Å². The van der Waals surface area contributed by atoms with Crippen LogP contribution in [0.3, 0.4) is 0 Å². The fourth-order valence-electron chi connectivity index (χ4n) is 8.97. The van der Waals surface area contributed by atoms with Crippen LogP contribution in [0.2, 0.25) is 0 Å². The van der Waals surface area contributed by atoms with Crippen LogP contribution < -0.4 is 4.90 Å². The highest BCUT2D eigenvalue weighted by molar-refractivity contribution is 7.27. The third-order valence-corrected chi connectivity index (χ3v) is 13.2. The largest absolute Gasteiger partial charge is 0.453 e. The van der Waals surface area contributed by atoms with E-state index in [1.54, 1.807) is 0 Å². The van der Waals surface area contributed by atoms with Crippen LogP contribution in [-0.2, 0) is 0 Å². The molecule has 2 nitrogen and oxygen atoms in total. The molecular formula is C56H35NOS. The predicted molar refractivity (Wildman–Crippen MR) is 253 cm³/mol. The van der Waals surface area contributed by atoms with Crippen molar-refractivity contribution in [2.45, 2.75) is 0 Å². The van der Waals surface area contributed by atoms with E-state index in [4.69, 9.17) is 4.42 Å². The molecule has 2 aromatic heterocycles. The first-order chi connectivity index (χ1) is 29.2. The lowest BCUT2D eigenvalue weighted by Gasteiger charge is -2.26. The molecule has 12 aromatic rings. The maximum Gasteiger partial charge on any atom is 0.159 e. The van der Waals surface area contributed by atoms with Crippen LogP contribution in [0.25, 0.3) is 97.0 Å². The zero-order chi connectivity index (χ0) is 38.9. The average molecular weight is 770 g/mol. The van der Waals surface area contributed by atoms with Crippen LogP contribution in [0.15, 0.2) is 217 Å². The highest BCUT2D eigenvalue weighted by atomic mass is 32.1. The Morgan fingerprint density at radius 2 is 0.847 bits per heavy atom. The Balaban J connectivity index is 1.000. The number of hydrogen-bond donors (Lipinski definition) is 0. The summed E-state index contributed by atoms with van der Waals surface area (Å²) in [7, 11) is 0. The summed E-state index contributed by atoms with van der Waals surface area (Å²) >= 11 is 1.90. The standard InChI is InChI=1S/C56H35NOS/c1-2-11-36(12-3-1)41-15-8-16-42(35-41)37-23-29-43(30-24-37)57(52-22-10-20-48-49-33-27-38-13-4-6-17-45(38)53(49)58-54(48)52)44-31-25-40(26-32-44)47-19-9-21-50-51-34-28-39-14-5-7-18-46(39)56(51)59-55(47)50/h1-35H. The molecule has 0 aliphatic rings. The van der Waals surface area contributed by atoms with Crippen molar-refractivity contribution in [3.8, 4) is 33.4 Å². The molecule has 276 valence electrons.